The zero-order valence-corrected chi connectivity index (χ0v) is 25.6. The molecule has 0 spiro atoms. The zero-order chi connectivity index (χ0) is 28.6. The number of fused-ring (bicyclic) bond motifs is 7. The van der Waals surface area contributed by atoms with Crippen LogP contribution in [0.4, 0.5) is 0 Å². The van der Waals surface area contributed by atoms with E-state index in [0.717, 1.165) is 57.8 Å². The van der Waals surface area contributed by atoms with Gasteiger partial charge in [0.1, 0.15) is 6.10 Å². The summed E-state index contributed by atoms with van der Waals surface area (Å²) >= 11 is 0. The molecule has 0 aromatic carbocycles. The van der Waals surface area contributed by atoms with Crippen LogP contribution in [0.25, 0.3) is 0 Å². The van der Waals surface area contributed by atoms with E-state index in [1.54, 1.807) is 0 Å². The van der Waals surface area contributed by atoms with E-state index in [-0.39, 0.29) is 39.7 Å². The average Bonchev–Trinajstić information content (AvgIpc) is 2.87. The number of aliphatic carboxylic acids is 1. The lowest BCUT2D eigenvalue weighted by Gasteiger charge is -2.71. The van der Waals surface area contributed by atoms with Gasteiger partial charge in [-0.25, -0.2) is 0 Å². The molecule has 1 N–H and O–H groups in total. The van der Waals surface area contributed by atoms with Gasteiger partial charge in [-0.1, -0.05) is 60.1 Å². The van der Waals surface area contributed by atoms with Crippen molar-refractivity contribution in [1.82, 2.24) is 0 Å². The Morgan fingerprint density at radius 2 is 1.72 bits per heavy atom. The topological polar surface area (TPSA) is 63.6 Å². The van der Waals surface area contributed by atoms with Gasteiger partial charge in [-0.05, 0) is 104 Å². The van der Waals surface area contributed by atoms with Gasteiger partial charge in [0.15, 0.2) is 0 Å². The van der Waals surface area contributed by atoms with Crippen molar-refractivity contribution in [2.75, 3.05) is 0 Å². The summed E-state index contributed by atoms with van der Waals surface area (Å²) in [5.41, 5.74) is 1.14. The maximum Gasteiger partial charge on any atom is 0.310 e. The number of allylic oxidation sites excluding steroid dienone is 2. The van der Waals surface area contributed by atoms with Crippen LogP contribution in [-0.4, -0.2) is 23.1 Å². The minimum atomic E-state index is -0.592. The maximum atomic E-state index is 12.9. The highest BCUT2D eigenvalue weighted by atomic mass is 16.5. The third-order valence-electron chi connectivity index (χ3n) is 14.1. The molecule has 39 heavy (non-hydrogen) atoms. The van der Waals surface area contributed by atoms with Crippen molar-refractivity contribution in [1.29, 1.82) is 0 Å². The van der Waals surface area contributed by atoms with Crippen LogP contribution in [0.5, 0.6) is 0 Å². The predicted octanol–water partition coefficient (Wildman–Crippen LogP) is 8.05. The summed E-state index contributed by atoms with van der Waals surface area (Å²) in [7, 11) is 0. The van der Waals surface area contributed by atoms with Crippen molar-refractivity contribution in [3.8, 4) is 12.3 Å². The number of carboxylic acids is 1. The van der Waals surface area contributed by atoms with Gasteiger partial charge in [0.25, 0.3) is 0 Å². The lowest BCUT2D eigenvalue weighted by molar-refractivity contribution is -0.214. The number of hydrogen-bond donors (Lipinski definition) is 1. The van der Waals surface area contributed by atoms with Crippen molar-refractivity contribution in [3.05, 3.63) is 11.6 Å². The largest absolute Gasteiger partial charge is 0.481 e. The summed E-state index contributed by atoms with van der Waals surface area (Å²) < 4.78 is 6.08. The second-order valence-corrected chi connectivity index (χ2v) is 15.7. The predicted molar refractivity (Wildman–Crippen MR) is 155 cm³/mol. The van der Waals surface area contributed by atoms with Crippen LogP contribution in [0.15, 0.2) is 11.6 Å². The normalized spacial score (nSPS) is 48.2. The minimum absolute atomic E-state index is 0.0293. The molecule has 0 aromatic rings. The molecule has 0 amide bonds. The molecular formula is C35H52O4. The fourth-order valence-electron chi connectivity index (χ4n) is 11.4. The third-order valence-corrected chi connectivity index (χ3v) is 14.1. The Balaban J connectivity index is 1.49. The lowest BCUT2D eigenvalue weighted by Crippen LogP contribution is -2.65. The molecule has 0 saturated heterocycles. The van der Waals surface area contributed by atoms with E-state index >= 15 is 0 Å². The molecule has 5 rings (SSSR count). The van der Waals surface area contributed by atoms with E-state index in [9.17, 15) is 14.7 Å². The van der Waals surface area contributed by atoms with Gasteiger partial charge >= 0.3 is 11.9 Å². The van der Waals surface area contributed by atoms with Crippen molar-refractivity contribution < 1.29 is 19.4 Å². The molecule has 5 aliphatic rings. The van der Waals surface area contributed by atoms with Crippen LogP contribution in [-0.2, 0) is 14.3 Å². The molecule has 4 nitrogen and oxygen atoms in total. The summed E-state index contributed by atoms with van der Waals surface area (Å²) in [6, 6.07) is 0. The van der Waals surface area contributed by atoms with Crippen LogP contribution >= 0.6 is 0 Å². The fraction of sp³-hybridized carbons (Fsp3) is 0.829. The van der Waals surface area contributed by atoms with Gasteiger partial charge in [-0.15, -0.1) is 12.3 Å². The van der Waals surface area contributed by atoms with E-state index in [1.807, 2.05) is 0 Å². The first-order valence-corrected chi connectivity index (χ1v) is 15.8. The summed E-state index contributed by atoms with van der Waals surface area (Å²) in [4.78, 5) is 25.5. The first kappa shape index (κ1) is 28.8. The first-order chi connectivity index (χ1) is 18.2. The highest BCUT2D eigenvalue weighted by Crippen LogP contribution is 2.75. The summed E-state index contributed by atoms with van der Waals surface area (Å²) in [6.07, 6.45) is 17.6. The standard InChI is InChI=1S/C35H52O4/c1-9-10-11-28(36)39-27-16-17-32(6)25(31(27,4)5)15-18-34(8)26(32)13-12-24-29-23(3)22(2)14-19-35(29,30(37)38)21-20-33(24,34)7/h1,12,22-23,25-27,29H,10-11,13-21H2,2-8H3,(H,37,38)/t22-,23+,25?,26-,27+,29+,32+,33-,34-,35+/m1/s1. The Labute approximate surface area is 237 Å². The zero-order valence-electron chi connectivity index (χ0n) is 25.6. The molecule has 216 valence electrons. The molecule has 0 aliphatic heterocycles. The van der Waals surface area contributed by atoms with E-state index in [4.69, 9.17) is 11.2 Å². The first-order valence-electron chi connectivity index (χ1n) is 15.8. The van der Waals surface area contributed by atoms with E-state index in [2.05, 4.69) is 60.5 Å². The average molecular weight is 537 g/mol. The maximum absolute atomic E-state index is 12.9. The van der Waals surface area contributed by atoms with Crippen molar-refractivity contribution in [3.63, 3.8) is 0 Å². The van der Waals surface area contributed by atoms with Gasteiger partial charge in [-0.3, -0.25) is 9.59 Å². The number of hydrogen-bond acceptors (Lipinski definition) is 3. The molecule has 4 fully saturated rings. The number of ether oxygens (including phenoxy) is 1. The molecule has 10 atom stereocenters. The van der Waals surface area contributed by atoms with Crippen LogP contribution in [0.1, 0.15) is 119 Å². The van der Waals surface area contributed by atoms with Gasteiger partial charge in [-0.2, -0.15) is 0 Å². The SMILES string of the molecule is C#CCCC(=O)O[C@H]1CC[C@@]2(C)C(CC[C@]3(C)[C@@H]2CC=C2[C@@H]4[C@@H](C)[C@H](C)CC[C@]4(C(=O)O)CC[C@]23C)C1(C)C. The highest BCUT2D eigenvalue weighted by molar-refractivity contribution is 5.76. The molecule has 4 heteroatoms. The Morgan fingerprint density at radius 3 is 2.38 bits per heavy atom. The van der Waals surface area contributed by atoms with Crippen molar-refractivity contribution in [2.45, 2.75) is 125 Å². The smallest absolute Gasteiger partial charge is 0.310 e. The number of terminal acetylenes is 1. The Morgan fingerprint density at radius 1 is 1.00 bits per heavy atom. The monoisotopic (exact) mass is 536 g/mol. The molecule has 0 aromatic heterocycles. The Bertz CT molecular complexity index is 1100. The van der Waals surface area contributed by atoms with Crippen LogP contribution in [0.3, 0.4) is 0 Å². The number of carboxylic acid groups (broad SMARTS) is 1. The number of carbonyl (C=O) groups is 2. The molecular weight excluding hydrogens is 484 g/mol. The third kappa shape index (κ3) is 3.84. The molecule has 0 heterocycles. The fourth-order valence-corrected chi connectivity index (χ4v) is 11.4. The lowest BCUT2D eigenvalue weighted by atomic mass is 9.33. The van der Waals surface area contributed by atoms with Gasteiger partial charge < -0.3 is 9.84 Å². The van der Waals surface area contributed by atoms with Crippen LogP contribution < -0.4 is 0 Å². The Kier molecular flexibility index (Phi) is 6.92. The van der Waals surface area contributed by atoms with E-state index in [0.29, 0.717) is 36.5 Å². The van der Waals surface area contributed by atoms with Crippen molar-refractivity contribution >= 4 is 11.9 Å². The summed E-state index contributed by atoms with van der Waals surface area (Å²) in [5.74, 6) is 3.97. The van der Waals surface area contributed by atoms with Gasteiger partial charge in [0.2, 0.25) is 0 Å². The Hall–Kier alpha value is -1.76. The van der Waals surface area contributed by atoms with Crippen LogP contribution in [0, 0.1) is 69.0 Å². The van der Waals surface area contributed by atoms with Crippen LogP contribution in [0.2, 0.25) is 0 Å². The highest BCUT2D eigenvalue weighted by Gasteiger charge is 2.69. The van der Waals surface area contributed by atoms with Crippen molar-refractivity contribution in [2.24, 2.45) is 56.7 Å². The van der Waals surface area contributed by atoms with E-state index in [1.165, 1.54) is 5.57 Å². The van der Waals surface area contributed by atoms with Gasteiger partial charge in [0.05, 0.1) is 11.8 Å². The summed E-state index contributed by atoms with van der Waals surface area (Å²) in [5, 5.41) is 10.6. The number of esters is 1. The minimum Gasteiger partial charge on any atom is -0.481 e. The summed E-state index contributed by atoms with van der Waals surface area (Å²) in [6.45, 7) is 16.9. The second kappa shape index (κ2) is 9.39. The molecule has 0 bridgehead atoms. The second-order valence-electron chi connectivity index (χ2n) is 15.7. The molecule has 4 saturated carbocycles. The number of carbonyl (C=O) groups excluding carboxylic acids is 1. The van der Waals surface area contributed by atoms with E-state index < -0.39 is 11.4 Å². The van der Waals surface area contributed by atoms with Gasteiger partial charge in [0, 0.05) is 11.8 Å². The molecule has 1 unspecified atom stereocenters. The number of rotatable bonds is 4. The molecule has 5 aliphatic carbocycles. The quantitative estimate of drug-likeness (QED) is 0.224. The molecule has 0 radical (unpaired) electrons.